The monoisotopic (exact) mass is 466 g/mol. The van der Waals surface area contributed by atoms with Crippen LogP contribution in [-0.2, 0) is 13.0 Å². The molecule has 0 atom stereocenters. The SMILES string of the molecule is COc1ccc(-c2nn(-c3ccc4c(c3)CNCC4)c3c2cnc2c(OC)cccc23)cc1OC. The molecule has 1 N–H and O–H groups in total. The van der Waals surface area contributed by atoms with Crippen LogP contribution >= 0.6 is 0 Å². The molecule has 3 aromatic carbocycles. The second-order valence-electron chi connectivity index (χ2n) is 8.59. The number of methoxy groups -OCH3 is 3. The van der Waals surface area contributed by atoms with Gasteiger partial charge in [-0.25, -0.2) is 4.68 Å². The van der Waals surface area contributed by atoms with Crippen molar-refractivity contribution >= 4 is 21.8 Å². The van der Waals surface area contributed by atoms with E-state index in [2.05, 4.69) is 29.6 Å². The summed E-state index contributed by atoms with van der Waals surface area (Å²) in [7, 11) is 4.94. The molecule has 0 spiro atoms. The lowest BCUT2D eigenvalue weighted by Gasteiger charge is -2.18. The second kappa shape index (κ2) is 8.60. The van der Waals surface area contributed by atoms with Crippen molar-refractivity contribution in [2.75, 3.05) is 27.9 Å². The van der Waals surface area contributed by atoms with Gasteiger partial charge in [0.1, 0.15) is 17.0 Å². The zero-order valence-electron chi connectivity index (χ0n) is 20.0. The Morgan fingerprint density at radius 2 is 1.69 bits per heavy atom. The van der Waals surface area contributed by atoms with Crippen molar-refractivity contribution < 1.29 is 14.2 Å². The van der Waals surface area contributed by atoms with Gasteiger partial charge in [-0.1, -0.05) is 18.2 Å². The molecule has 6 rings (SSSR count). The molecule has 0 saturated heterocycles. The van der Waals surface area contributed by atoms with Crippen molar-refractivity contribution in [2.24, 2.45) is 0 Å². The third-order valence-electron chi connectivity index (χ3n) is 6.70. The van der Waals surface area contributed by atoms with E-state index in [4.69, 9.17) is 24.3 Å². The Kier molecular flexibility index (Phi) is 5.26. The molecular weight excluding hydrogens is 440 g/mol. The Balaban J connectivity index is 1.66. The van der Waals surface area contributed by atoms with Gasteiger partial charge in [0.15, 0.2) is 11.5 Å². The van der Waals surface area contributed by atoms with Crippen molar-refractivity contribution in [3.8, 4) is 34.2 Å². The van der Waals surface area contributed by atoms with E-state index in [1.54, 1.807) is 21.3 Å². The maximum Gasteiger partial charge on any atom is 0.161 e. The lowest BCUT2D eigenvalue weighted by molar-refractivity contribution is 0.355. The number of benzene rings is 3. The first-order chi connectivity index (χ1) is 17.2. The quantitative estimate of drug-likeness (QED) is 0.397. The van der Waals surface area contributed by atoms with E-state index in [1.807, 2.05) is 41.2 Å². The van der Waals surface area contributed by atoms with Gasteiger partial charge in [-0.05, 0) is 60.5 Å². The van der Waals surface area contributed by atoms with Crippen molar-refractivity contribution in [3.05, 3.63) is 71.9 Å². The van der Waals surface area contributed by atoms with E-state index >= 15 is 0 Å². The van der Waals surface area contributed by atoms with Crippen molar-refractivity contribution in [1.82, 2.24) is 20.1 Å². The molecule has 1 aliphatic heterocycles. The zero-order chi connectivity index (χ0) is 23.9. The fourth-order valence-electron chi connectivity index (χ4n) is 4.93. The van der Waals surface area contributed by atoms with Crippen LogP contribution < -0.4 is 19.5 Å². The molecule has 7 nitrogen and oxygen atoms in total. The summed E-state index contributed by atoms with van der Waals surface area (Å²) in [5.41, 5.74) is 7.26. The standard InChI is InChI=1S/C28H26N4O3/c1-33-23-10-8-18(14-25(23)35-3)26-22-16-30-27-21(5-4-6-24(27)34-2)28(22)32(31-26)20-9-7-17-11-12-29-15-19(17)13-20/h4-10,13-14,16,29H,11-12,15H2,1-3H3. The molecule has 0 amide bonds. The third kappa shape index (κ3) is 3.47. The molecule has 176 valence electrons. The van der Waals surface area contributed by atoms with Crippen molar-refractivity contribution in [3.63, 3.8) is 0 Å². The molecule has 0 unspecified atom stereocenters. The first-order valence-electron chi connectivity index (χ1n) is 11.6. The summed E-state index contributed by atoms with van der Waals surface area (Å²) in [4.78, 5) is 4.78. The van der Waals surface area contributed by atoms with E-state index < -0.39 is 0 Å². The Morgan fingerprint density at radius 3 is 2.51 bits per heavy atom. The molecule has 0 bridgehead atoms. The van der Waals surface area contributed by atoms with Crippen LogP contribution in [0.2, 0.25) is 0 Å². The summed E-state index contributed by atoms with van der Waals surface area (Å²) in [6, 6.07) is 18.5. The van der Waals surface area contributed by atoms with Gasteiger partial charge < -0.3 is 19.5 Å². The van der Waals surface area contributed by atoms with Crippen LogP contribution in [0.3, 0.4) is 0 Å². The summed E-state index contributed by atoms with van der Waals surface area (Å²) < 4.78 is 18.6. The molecule has 3 heterocycles. The number of ether oxygens (including phenoxy) is 3. The molecule has 7 heteroatoms. The summed E-state index contributed by atoms with van der Waals surface area (Å²) in [5.74, 6) is 2.07. The van der Waals surface area contributed by atoms with Crippen molar-refractivity contribution in [1.29, 1.82) is 0 Å². The second-order valence-corrected chi connectivity index (χ2v) is 8.59. The molecule has 2 aromatic heterocycles. The Morgan fingerprint density at radius 1 is 0.829 bits per heavy atom. The number of pyridine rings is 1. The van der Waals surface area contributed by atoms with Gasteiger partial charge in [0.2, 0.25) is 0 Å². The van der Waals surface area contributed by atoms with Gasteiger partial charge in [0.05, 0.1) is 32.5 Å². The van der Waals surface area contributed by atoms with Gasteiger partial charge in [-0.3, -0.25) is 4.98 Å². The highest BCUT2D eigenvalue weighted by Crippen LogP contribution is 2.39. The number of rotatable bonds is 5. The number of nitrogens with one attached hydrogen (secondary N) is 1. The van der Waals surface area contributed by atoms with E-state index in [1.165, 1.54) is 11.1 Å². The molecule has 0 aliphatic carbocycles. The number of fused-ring (bicyclic) bond motifs is 4. The molecule has 5 aromatic rings. The fourth-order valence-corrected chi connectivity index (χ4v) is 4.93. The third-order valence-corrected chi connectivity index (χ3v) is 6.70. The minimum atomic E-state index is 0.656. The summed E-state index contributed by atoms with van der Waals surface area (Å²) >= 11 is 0. The van der Waals surface area contributed by atoms with Crippen LogP contribution in [0.15, 0.2) is 60.8 Å². The van der Waals surface area contributed by atoms with Crippen LogP contribution in [-0.4, -0.2) is 42.6 Å². The van der Waals surface area contributed by atoms with E-state index in [0.29, 0.717) is 11.5 Å². The highest BCUT2D eigenvalue weighted by atomic mass is 16.5. The number of para-hydroxylation sites is 1. The van der Waals surface area contributed by atoms with Crippen LogP contribution in [0, 0.1) is 0 Å². The Bertz CT molecular complexity index is 1570. The number of hydrogen-bond acceptors (Lipinski definition) is 6. The number of aromatic nitrogens is 3. The first kappa shape index (κ1) is 21.4. The maximum atomic E-state index is 5.61. The topological polar surface area (TPSA) is 70.4 Å². The lowest BCUT2D eigenvalue weighted by Crippen LogP contribution is -2.23. The highest BCUT2D eigenvalue weighted by molar-refractivity contribution is 6.10. The number of nitrogens with zero attached hydrogens (tertiary/aromatic N) is 3. The van der Waals surface area contributed by atoms with E-state index in [-0.39, 0.29) is 0 Å². The van der Waals surface area contributed by atoms with E-state index in [9.17, 15) is 0 Å². The molecule has 1 aliphatic rings. The molecule has 35 heavy (non-hydrogen) atoms. The fraction of sp³-hybridized carbons (Fsp3) is 0.214. The first-order valence-corrected chi connectivity index (χ1v) is 11.6. The van der Waals surface area contributed by atoms with Crippen LogP contribution in [0.1, 0.15) is 11.1 Å². The minimum absolute atomic E-state index is 0.656. The van der Waals surface area contributed by atoms with Gasteiger partial charge in [0, 0.05) is 29.1 Å². The van der Waals surface area contributed by atoms with Gasteiger partial charge in [0.25, 0.3) is 0 Å². The van der Waals surface area contributed by atoms with Gasteiger partial charge in [-0.15, -0.1) is 0 Å². The molecule has 0 fully saturated rings. The summed E-state index contributed by atoms with van der Waals surface area (Å²) in [6.45, 7) is 1.87. The number of hydrogen-bond donors (Lipinski definition) is 1. The smallest absolute Gasteiger partial charge is 0.161 e. The lowest BCUT2D eigenvalue weighted by atomic mass is 10.0. The normalized spacial score (nSPS) is 13.1. The minimum Gasteiger partial charge on any atom is -0.494 e. The summed E-state index contributed by atoms with van der Waals surface area (Å²) in [5, 5.41) is 10.5. The zero-order valence-corrected chi connectivity index (χ0v) is 20.0. The van der Waals surface area contributed by atoms with E-state index in [0.717, 1.165) is 64.0 Å². The van der Waals surface area contributed by atoms with Crippen LogP contribution in [0.25, 0.3) is 38.8 Å². The van der Waals surface area contributed by atoms with Crippen LogP contribution in [0.5, 0.6) is 17.2 Å². The maximum absolute atomic E-state index is 5.61. The van der Waals surface area contributed by atoms with Crippen LogP contribution in [0.4, 0.5) is 0 Å². The van der Waals surface area contributed by atoms with Gasteiger partial charge >= 0.3 is 0 Å². The molecule has 0 radical (unpaired) electrons. The predicted octanol–water partition coefficient (Wildman–Crippen LogP) is 4.91. The van der Waals surface area contributed by atoms with Gasteiger partial charge in [-0.2, -0.15) is 5.10 Å². The van der Waals surface area contributed by atoms with Crippen molar-refractivity contribution in [2.45, 2.75) is 13.0 Å². The molecule has 0 saturated carbocycles. The average Bonchev–Trinajstić information content (AvgIpc) is 3.32. The summed E-state index contributed by atoms with van der Waals surface area (Å²) in [6.07, 6.45) is 2.92. The Labute approximate surface area is 203 Å². The molecular formula is C28H26N4O3. The average molecular weight is 467 g/mol. The largest absolute Gasteiger partial charge is 0.494 e. The Hall–Kier alpha value is -4.10. The predicted molar refractivity (Wildman–Crippen MR) is 137 cm³/mol. The highest BCUT2D eigenvalue weighted by Gasteiger charge is 2.20.